The van der Waals surface area contributed by atoms with Crippen molar-refractivity contribution in [3.05, 3.63) is 18.2 Å². The van der Waals surface area contributed by atoms with E-state index in [1.165, 1.54) is 12.5 Å². The highest BCUT2D eigenvalue weighted by Gasteiger charge is 2.27. The molecule has 0 aliphatic heterocycles. The molecule has 0 saturated heterocycles. The van der Waals surface area contributed by atoms with Crippen LogP contribution in [0.2, 0.25) is 0 Å². The molecule has 1 fully saturated rings. The lowest BCUT2D eigenvalue weighted by Crippen LogP contribution is -1.86. The van der Waals surface area contributed by atoms with Crippen LogP contribution in [0.4, 0.5) is 0 Å². The van der Waals surface area contributed by atoms with Crippen LogP contribution in [-0.4, -0.2) is 15.1 Å². The predicted octanol–water partition coefficient (Wildman–Crippen LogP) is 1.06. The summed E-state index contributed by atoms with van der Waals surface area (Å²) in [5.74, 6) is 0.744. The molecule has 0 spiro atoms. The second-order valence-corrected chi connectivity index (χ2v) is 2.57. The summed E-state index contributed by atoms with van der Waals surface area (Å²) in [4.78, 5) is 7.67. The molecule has 0 radical (unpaired) electrons. The molecule has 10 heavy (non-hydrogen) atoms. The Morgan fingerprint density at radius 1 is 1.50 bits per heavy atom. The van der Waals surface area contributed by atoms with Crippen molar-refractivity contribution < 1.29 is 5.11 Å². The van der Waals surface area contributed by atoms with Gasteiger partial charge in [-0.2, -0.15) is 0 Å². The van der Waals surface area contributed by atoms with E-state index in [0.717, 1.165) is 18.5 Å². The summed E-state index contributed by atoms with van der Waals surface area (Å²) in [6.07, 6.45) is 5.24. The van der Waals surface area contributed by atoms with Crippen molar-refractivity contribution in [2.45, 2.75) is 18.8 Å². The van der Waals surface area contributed by atoms with Crippen LogP contribution in [0, 0.1) is 0 Å². The highest BCUT2D eigenvalue weighted by molar-refractivity contribution is 5.28. The van der Waals surface area contributed by atoms with Gasteiger partial charge in [-0.15, -0.1) is 0 Å². The lowest BCUT2D eigenvalue weighted by Gasteiger charge is -1.96. The van der Waals surface area contributed by atoms with Crippen LogP contribution in [0.5, 0.6) is 5.75 Å². The van der Waals surface area contributed by atoms with Gasteiger partial charge < -0.3 is 5.11 Å². The van der Waals surface area contributed by atoms with Gasteiger partial charge >= 0.3 is 0 Å². The van der Waals surface area contributed by atoms with Gasteiger partial charge in [0.25, 0.3) is 0 Å². The Balaban J connectivity index is 2.39. The van der Waals surface area contributed by atoms with Crippen molar-refractivity contribution in [2.24, 2.45) is 0 Å². The maximum atomic E-state index is 9.20. The van der Waals surface area contributed by atoms with Crippen molar-refractivity contribution >= 4 is 0 Å². The van der Waals surface area contributed by atoms with Crippen LogP contribution >= 0.6 is 0 Å². The molecule has 0 atom stereocenters. The molecule has 3 heteroatoms. The number of aromatic hydroxyl groups is 1. The van der Waals surface area contributed by atoms with Crippen LogP contribution in [0.1, 0.15) is 24.5 Å². The highest BCUT2D eigenvalue weighted by atomic mass is 16.3. The fraction of sp³-hybridized carbons (Fsp3) is 0.429. The minimum Gasteiger partial charge on any atom is -0.504 e. The molecule has 1 aromatic rings. The maximum Gasteiger partial charge on any atom is 0.155 e. The molecule has 1 aliphatic rings. The van der Waals surface area contributed by atoms with Gasteiger partial charge in [-0.3, -0.25) is 0 Å². The summed E-state index contributed by atoms with van der Waals surface area (Å²) in [6.45, 7) is 0. The van der Waals surface area contributed by atoms with Gasteiger partial charge in [0.2, 0.25) is 0 Å². The first-order valence-corrected chi connectivity index (χ1v) is 3.37. The monoisotopic (exact) mass is 136 g/mol. The van der Waals surface area contributed by atoms with Crippen LogP contribution < -0.4 is 0 Å². The summed E-state index contributed by atoms with van der Waals surface area (Å²) >= 11 is 0. The van der Waals surface area contributed by atoms with Crippen LogP contribution in [0.15, 0.2) is 12.5 Å². The van der Waals surface area contributed by atoms with Gasteiger partial charge in [-0.25, -0.2) is 9.97 Å². The zero-order valence-corrected chi connectivity index (χ0v) is 5.49. The Bertz CT molecular complexity index is 245. The minimum atomic E-state index is 0.241. The van der Waals surface area contributed by atoms with E-state index < -0.39 is 0 Å². The van der Waals surface area contributed by atoms with Gasteiger partial charge in [0.1, 0.15) is 6.33 Å². The lowest BCUT2D eigenvalue weighted by atomic mass is 10.3. The number of hydrogen-bond donors (Lipinski definition) is 1. The van der Waals surface area contributed by atoms with Crippen LogP contribution in [-0.2, 0) is 0 Å². The maximum absolute atomic E-state index is 9.20. The number of hydrogen-bond acceptors (Lipinski definition) is 3. The molecule has 0 unspecified atom stereocenters. The van der Waals surface area contributed by atoms with E-state index in [9.17, 15) is 5.11 Å². The largest absolute Gasteiger partial charge is 0.504 e. The SMILES string of the molecule is Oc1cncnc1C1CC1. The van der Waals surface area contributed by atoms with E-state index >= 15 is 0 Å². The average molecular weight is 136 g/mol. The topological polar surface area (TPSA) is 46.0 Å². The quantitative estimate of drug-likeness (QED) is 0.627. The normalized spacial score (nSPS) is 17.2. The average Bonchev–Trinajstić information content (AvgIpc) is 2.71. The number of nitrogens with zero attached hydrogens (tertiary/aromatic N) is 2. The van der Waals surface area contributed by atoms with E-state index in [0.29, 0.717) is 5.92 Å². The van der Waals surface area contributed by atoms with Gasteiger partial charge in [0.15, 0.2) is 5.75 Å². The molecule has 0 bridgehead atoms. The predicted molar refractivity (Wildman–Crippen MR) is 35.7 cm³/mol. The van der Waals surface area contributed by atoms with Crippen molar-refractivity contribution in [2.75, 3.05) is 0 Å². The minimum absolute atomic E-state index is 0.241. The first kappa shape index (κ1) is 5.65. The molecule has 52 valence electrons. The molecular weight excluding hydrogens is 128 g/mol. The summed E-state index contributed by atoms with van der Waals surface area (Å²) in [7, 11) is 0. The standard InChI is InChI=1S/C7H8N2O/c10-6-3-8-4-9-7(6)5-1-2-5/h3-5,10H,1-2H2. The van der Waals surface area contributed by atoms with Crippen molar-refractivity contribution in [3.8, 4) is 5.75 Å². The van der Waals surface area contributed by atoms with Crippen LogP contribution in [0.25, 0.3) is 0 Å². The fourth-order valence-electron chi connectivity index (χ4n) is 1.00. The Kier molecular flexibility index (Phi) is 1.09. The zero-order chi connectivity index (χ0) is 6.97. The molecule has 2 rings (SSSR count). The summed E-state index contributed by atoms with van der Waals surface area (Å²) in [6, 6.07) is 0. The molecular formula is C7H8N2O. The third-order valence-electron chi connectivity index (χ3n) is 1.69. The molecule has 0 aromatic carbocycles. The lowest BCUT2D eigenvalue weighted by molar-refractivity contribution is 0.461. The third-order valence-corrected chi connectivity index (χ3v) is 1.69. The van der Waals surface area contributed by atoms with Gasteiger partial charge in [-0.05, 0) is 12.8 Å². The Labute approximate surface area is 58.8 Å². The number of aromatic nitrogens is 2. The summed E-state index contributed by atoms with van der Waals surface area (Å²) in [5.41, 5.74) is 0.815. The second-order valence-electron chi connectivity index (χ2n) is 2.57. The molecule has 1 aliphatic carbocycles. The molecule has 1 N–H and O–H groups in total. The van der Waals surface area contributed by atoms with Gasteiger partial charge in [0, 0.05) is 5.92 Å². The van der Waals surface area contributed by atoms with E-state index in [1.807, 2.05) is 0 Å². The van der Waals surface area contributed by atoms with E-state index in [4.69, 9.17) is 0 Å². The van der Waals surface area contributed by atoms with Crippen molar-refractivity contribution in [1.82, 2.24) is 9.97 Å². The van der Waals surface area contributed by atoms with E-state index in [1.54, 1.807) is 0 Å². The first-order chi connectivity index (χ1) is 4.88. The molecule has 1 aromatic heterocycles. The highest BCUT2D eigenvalue weighted by Crippen LogP contribution is 2.41. The Hall–Kier alpha value is -1.12. The zero-order valence-electron chi connectivity index (χ0n) is 5.49. The Morgan fingerprint density at radius 2 is 2.30 bits per heavy atom. The first-order valence-electron chi connectivity index (χ1n) is 3.37. The Morgan fingerprint density at radius 3 is 2.90 bits per heavy atom. The molecule has 0 amide bonds. The fourth-order valence-corrected chi connectivity index (χ4v) is 1.00. The molecule has 1 heterocycles. The molecule has 3 nitrogen and oxygen atoms in total. The van der Waals surface area contributed by atoms with Crippen molar-refractivity contribution in [1.29, 1.82) is 0 Å². The van der Waals surface area contributed by atoms with Gasteiger partial charge in [-0.1, -0.05) is 0 Å². The van der Waals surface area contributed by atoms with E-state index in [2.05, 4.69) is 9.97 Å². The second kappa shape index (κ2) is 1.94. The number of rotatable bonds is 1. The smallest absolute Gasteiger partial charge is 0.155 e. The summed E-state index contributed by atoms with van der Waals surface area (Å²) in [5, 5.41) is 9.20. The van der Waals surface area contributed by atoms with E-state index in [-0.39, 0.29) is 5.75 Å². The van der Waals surface area contributed by atoms with Crippen LogP contribution in [0.3, 0.4) is 0 Å². The van der Waals surface area contributed by atoms with Crippen molar-refractivity contribution in [3.63, 3.8) is 0 Å². The third kappa shape index (κ3) is 0.835. The van der Waals surface area contributed by atoms with Gasteiger partial charge in [0.05, 0.1) is 11.9 Å². The molecule has 1 saturated carbocycles. The summed E-state index contributed by atoms with van der Waals surface area (Å²) < 4.78 is 0.